The second-order valence-corrected chi connectivity index (χ2v) is 3.64. The third kappa shape index (κ3) is 2.94. The lowest BCUT2D eigenvalue weighted by atomic mass is 10.1. The van der Waals surface area contributed by atoms with Crippen molar-refractivity contribution in [2.75, 3.05) is 0 Å². The molecular weight excluding hydrogens is 215 g/mol. The summed E-state index contributed by atoms with van der Waals surface area (Å²) in [4.78, 5) is 0. The van der Waals surface area contributed by atoms with Gasteiger partial charge < -0.3 is 4.74 Å². The molecule has 0 fully saturated rings. The number of para-hydroxylation sites is 1. The standard InChI is InChI=1S/C15H13FO/c1-2-15(12-8-10-13(16)11-9-12)17-14-6-4-3-5-7-14/h2-11,15H,1H2/t15-/m0/s1. The Kier molecular flexibility index (Phi) is 3.55. The van der Waals surface area contributed by atoms with Gasteiger partial charge in [0.25, 0.3) is 0 Å². The zero-order valence-electron chi connectivity index (χ0n) is 9.34. The van der Waals surface area contributed by atoms with Crippen LogP contribution in [0.4, 0.5) is 4.39 Å². The molecule has 1 nitrogen and oxygen atoms in total. The molecule has 0 unspecified atom stereocenters. The predicted octanol–water partition coefficient (Wildman–Crippen LogP) is 4.13. The van der Waals surface area contributed by atoms with Crippen molar-refractivity contribution >= 4 is 0 Å². The fraction of sp³-hybridized carbons (Fsp3) is 0.0667. The van der Waals surface area contributed by atoms with Crippen LogP contribution in [0.25, 0.3) is 0 Å². The van der Waals surface area contributed by atoms with Gasteiger partial charge in [-0.2, -0.15) is 0 Å². The first-order valence-corrected chi connectivity index (χ1v) is 5.39. The molecule has 0 radical (unpaired) electrons. The molecule has 0 amide bonds. The molecule has 2 aromatic rings. The first-order chi connectivity index (χ1) is 8.29. The van der Waals surface area contributed by atoms with Gasteiger partial charge in [0.15, 0.2) is 0 Å². The van der Waals surface area contributed by atoms with Crippen LogP contribution in [0.5, 0.6) is 5.75 Å². The van der Waals surface area contributed by atoms with E-state index in [-0.39, 0.29) is 11.9 Å². The highest BCUT2D eigenvalue weighted by molar-refractivity contribution is 5.26. The molecule has 0 saturated carbocycles. The fourth-order valence-electron chi connectivity index (χ4n) is 1.55. The molecule has 2 rings (SSSR count). The summed E-state index contributed by atoms with van der Waals surface area (Å²) in [6.07, 6.45) is 1.43. The number of hydrogen-bond donors (Lipinski definition) is 0. The van der Waals surface area contributed by atoms with Gasteiger partial charge in [0, 0.05) is 0 Å². The van der Waals surface area contributed by atoms with Gasteiger partial charge >= 0.3 is 0 Å². The molecule has 17 heavy (non-hydrogen) atoms. The van der Waals surface area contributed by atoms with Crippen LogP contribution in [0.2, 0.25) is 0 Å². The topological polar surface area (TPSA) is 9.23 Å². The monoisotopic (exact) mass is 228 g/mol. The van der Waals surface area contributed by atoms with E-state index in [1.54, 1.807) is 18.2 Å². The van der Waals surface area contributed by atoms with Crippen molar-refractivity contribution in [1.29, 1.82) is 0 Å². The second-order valence-electron chi connectivity index (χ2n) is 3.64. The van der Waals surface area contributed by atoms with Crippen LogP contribution in [0.1, 0.15) is 11.7 Å². The molecule has 0 aliphatic heterocycles. The molecular formula is C15H13FO. The minimum absolute atomic E-state index is 0.253. The Balaban J connectivity index is 2.17. The van der Waals surface area contributed by atoms with Crippen LogP contribution >= 0.6 is 0 Å². The molecule has 0 saturated heterocycles. The normalized spacial score (nSPS) is 11.8. The summed E-state index contributed by atoms with van der Waals surface area (Å²) in [7, 11) is 0. The van der Waals surface area contributed by atoms with Crippen LogP contribution in [-0.4, -0.2) is 0 Å². The summed E-state index contributed by atoms with van der Waals surface area (Å²) < 4.78 is 18.6. The van der Waals surface area contributed by atoms with Crippen molar-refractivity contribution in [1.82, 2.24) is 0 Å². The Morgan fingerprint density at radius 3 is 2.24 bits per heavy atom. The van der Waals surface area contributed by atoms with Gasteiger partial charge in [-0.1, -0.05) is 36.9 Å². The largest absolute Gasteiger partial charge is 0.482 e. The van der Waals surface area contributed by atoms with E-state index in [1.807, 2.05) is 30.3 Å². The van der Waals surface area contributed by atoms with E-state index in [4.69, 9.17) is 4.74 Å². The zero-order valence-corrected chi connectivity index (χ0v) is 9.34. The number of rotatable bonds is 4. The van der Waals surface area contributed by atoms with Gasteiger partial charge in [-0.15, -0.1) is 0 Å². The van der Waals surface area contributed by atoms with E-state index in [0.717, 1.165) is 11.3 Å². The summed E-state index contributed by atoms with van der Waals surface area (Å²) in [6, 6.07) is 15.7. The van der Waals surface area contributed by atoms with Crippen LogP contribution in [0.15, 0.2) is 67.3 Å². The van der Waals surface area contributed by atoms with Gasteiger partial charge in [0.05, 0.1) is 0 Å². The highest BCUT2D eigenvalue weighted by Crippen LogP contribution is 2.22. The Hall–Kier alpha value is -2.09. The maximum atomic E-state index is 12.8. The smallest absolute Gasteiger partial charge is 0.142 e. The minimum Gasteiger partial charge on any atom is -0.482 e. The fourth-order valence-corrected chi connectivity index (χ4v) is 1.55. The van der Waals surface area contributed by atoms with Gasteiger partial charge in [-0.25, -0.2) is 4.39 Å². The molecule has 1 atom stereocenters. The average molecular weight is 228 g/mol. The molecule has 0 aromatic heterocycles. The maximum absolute atomic E-state index is 12.8. The van der Waals surface area contributed by atoms with Crippen molar-refractivity contribution in [3.63, 3.8) is 0 Å². The Labute approximate surface area is 100 Å². The molecule has 0 N–H and O–H groups in total. The van der Waals surface area contributed by atoms with Crippen molar-refractivity contribution in [3.8, 4) is 5.75 Å². The Morgan fingerprint density at radius 1 is 1.00 bits per heavy atom. The van der Waals surface area contributed by atoms with Crippen molar-refractivity contribution in [2.45, 2.75) is 6.10 Å². The molecule has 0 aliphatic carbocycles. The van der Waals surface area contributed by atoms with Gasteiger partial charge in [-0.05, 0) is 35.9 Å². The van der Waals surface area contributed by atoms with E-state index in [9.17, 15) is 4.39 Å². The van der Waals surface area contributed by atoms with Crippen LogP contribution in [-0.2, 0) is 0 Å². The predicted molar refractivity (Wildman–Crippen MR) is 66.4 cm³/mol. The zero-order chi connectivity index (χ0) is 12.1. The van der Waals surface area contributed by atoms with Crippen molar-refractivity contribution in [3.05, 3.63) is 78.6 Å². The van der Waals surface area contributed by atoms with Crippen molar-refractivity contribution < 1.29 is 9.13 Å². The molecule has 2 heteroatoms. The molecule has 0 aliphatic rings. The maximum Gasteiger partial charge on any atom is 0.142 e. The molecule has 2 aromatic carbocycles. The second kappa shape index (κ2) is 5.30. The molecule has 0 heterocycles. The number of benzene rings is 2. The highest BCUT2D eigenvalue weighted by Gasteiger charge is 2.08. The number of halogens is 1. The summed E-state index contributed by atoms with van der Waals surface area (Å²) in [5.41, 5.74) is 0.880. The van der Waals surface area contributed by atoms with Gasteiger partial charge in [0.2, 0.25) is 0 Å². The first-order valence-electron chi connectivity index (χ1n) is 5.39. The molecule has 0 spiro atoms. The summed E-state index contributed by atoms with van der Waals surface area (Å²) in [5.74, 6) is 0.512. The quantitative estimate of drug-likeness (QED) is 0.715. The lowest BCUT2D eigenvalue weighted by Gasteiger charge is -2.15. The number of hydrogen-bond acceptors (Lipinski definition) is 1. The van der Waals surface area contributed by atoms with Gasteiger partial charge in [-0.3, -0.25) is 0 Å². The van der Waals surface area contributed by atoms with Gasteiger partial charge in [0.1, 0.15) is 17.7 Å². The average Bonchev–Trinajstić information content (AvgIpc) is 2.38. The third-order valence-corrected chi connectivity index (χ3v) is 2.42. The van der Waals surface area contributed by atoms with Crippen molar-refractivity contribution in [2.24, 2.45) is 0 Å². The minimum atomic E-state index is -0.266. The Bertz CT molecular complexity index is 476. The van der Waals surface area contributed by atoms with E-state index in [2.05, 4.69) is 6.58 Å². The van der Waals surface area contributed by atoms with Crippen LogP contribution in [0.3, 0.4) is 0 Å². The van der Waals surface area contributed by atoms with E-state index >= 15 is 0 Å². The lowest BCUT2D eigenvalue weighted by Crippen LogP contribution is -2.04. The lowest BCUT2D eigenvalue weighted by molar-refractivity contribution is 0.256. The Morgan fingerprint density at radius 2 is 1.65 bits per heavy atom. The van der Waals surface area contributed by atoms with E-state index in [1.165, 1.54) is 12.1 Å². The summed E-state index contributed by atoms with van der Waals surface area (Å²) in [5, 5.41) is 0. The van der Waals surface area contributed by atoms with Crippen LogP contribution in [0, 0.1) is 5.82 Å². The molecule has 86 valence electrons. The summed E-state index contributed by atoms with van der Waals surface area (Å²) >= 11 is 0. The number of ether oxygens (including phenoxy) is 1. The van der Waals surface area contributed by atoms with Crippen LogP contribution < -0.4 is 4.74 Å². The van der Waals surface area contributed by atoms with E-state index < -0.39 is 0 Å². The third-order valence-electron chi connectivity index (χ3n) is 2.42. The van der Waals surface area contributed by atoms with E-state index in [0.29, 0.717) is 0 Å². The molecule has 0 bridgehead atoms. The SMILES string of the molecule is C=C[C@H](Oc1ccccc1)c1ccc(F)cc1. The first kappa shape index (κ1) is 11.4. The highest BCUT2D eigenvalue weighted by atomic mass is 19.1. The summed E-state index contributed by atoms with van der Waals surface area (Å²) in [6.45, 7) is 3.74.